The summed E-state index contributed by atoms with van der Waals surface area (Å²) in [6, 6.07) is 5.78. The number of benzene rings is 1. The van der Waals surface area contributed by atoms with Gasteiger partial charge >= 0.3 is 0 Å². The van der Waals surface area contributed by atoms with Gasteiger partial charge in [0.05, 0.1) is 22.9 Å². The van der Waals surface area contributed by atoms with Crippen LogP contribution in [0.15, 0.2) is 29.2 Å². The van der Waals surface area contributed by atoms with E-state index in [4.69, 9.17) is 9.47 Å². The first-order chi connectivity index (χ1) is 13.6. The Hall–Kier alpha value is -2.38. The largest absolute Gasteiger partial charge is 0.490 e. The Balaban J connectivity index is 1.38. The zero-order valence-electron chi connectivity index (χ0n) is 16.3. The molecule has 0 atom stereocenters. The van der Waals surface area contributed by atoms with E-state index in [9.17, 15) is 4.79 Å². The maximum Gasteiger partial charge on any atom is 0.253 e. The number of amides is 1. The average Bonchev–Trinajstić information content (AvgIpc) is 3.13. The van der Waals surface area contributed by atoms with Crippen molar-refractivity contribution in [3.8, 4) is 11.5 Å². The van der Waals surface area contributed by atoms with E-state index in [0.717, 1.165) is 60.5 Å². The Morgan fingerprint density at radius 3 is 2.82 bits per heavy atom. The second kappa shape index (κ2) is 8.32. The van der Waals surface area contributed by atoms with Gasteiger partial charge in [-0.25, -0.2) is 4.98 Å². The fourth-order valence-corrected chi connectivity index (χ4v) is 4.20. The van der Waals surface area contributed by atoms with Crippen LogP contribution < -0.4 is 9.47 Å². The van der Waals surface area contributed by atoms with E-state index >= 15 is 0 Å². The smallest absolute Gasteiger partial charge is 0.253 e. The maximum atomic E-state index is 13.0. The van der Waals surface area contributed by atoms with Gasteiger partial charge in [0, 0.05) is 43.7 Å². The van der Waals surface area contributed by atoms with Crippen LogP contribution in [-0.2, 0) is 11.3 Å². The predicted octanol–water partition coefficient (Wildman–Crippen LogP) is 2.97. The van der Waals surface area contributed by atoms with Crippen LogP contribution in [0.25, 0.3) is 6.08 Å². The summed E-state index contributed by atoms with van der Waals surface area (Å²) in [6.45, 7) is 8.88. The van der Waals surface area contributed by atoms with Gasteiger partial charge in [0.2, 0.25) is 0 Å². The van der Waals surface area contributed by atoms with Crippen LogP contribution in [0.4, 0.5) is 0 Å². The van der Waals surface area contributed by atoms with Crippen LogP contribution in [-0.4, -0.2) is 60.1 Å². The third-order valence-corrected chi connectivity index (χ3v) is 5.82. The van der Waals surface area contributed by atoms with Gasteiger partial charge in [-0.15, -0.1) is 11.3 Å². The number of fused-ring (bicyclic) bond motifs is 1. The molecular weight excluding hydrogens is 374 g/mol. The SMILES string of the molecule is CCOc1cccc2c1OCC(C(=O)N1CCN(Cc3csc(C)n3)CC1)=C2. The van der Waals surface area contributed by atoms with Gasteiger partial charge in [0.1, 0.15) is 6.61 Å². The van der Waals surface area contributed by atoms with Crippen LogP contribution >= 0.6 is 11.3 Å². The molecule has 1 saturated heterocycles. The molecule has 0 N–H and O–H groups in total. The molecule has 28 heavy (non-hydrogen) atoms. The minimum absolute atomic E-state index is 0.0663. The lowest BCUT2D eigenvalue weighted by molar-refractivity contribution is -0.129. The van der Waals surface area contributed by atoms with E-state index in [1.165, 1.54) is 0 Å². The van der Waals surface area contributed by atoms with E-state index in [0.29, 0.717) is 12.2 Å². The van der Waals surface area contributed by atoms with Gasteiger partial charge in [-0.1, -0.05) is 12.1 Å². The number of rotatable bonds is 5. The summed E-state index contributed by atoms with van der Waals surface area (Å²) in [5.41, 5.74) is 2.72. The van der Waals surface area contributed by atoms with Crippen molar-refractivity contribution in [2.75, 3.05) is 39.4 Å². The fourth-order valence-electron chi connectivity index (χ4n) is 3.59. The van der Waals surface area contributed by atoms with E-state index < -0.39 is 0 Å². The minimum atomic E-state index is 0.0663. The number of aryl methyl sites for hydroxylation is 1. The van der Waals surface area contributed by atoms with Crippen molar-refractivity contribution >= 4 is 23.3 Å². The third-order valence-electron chi connectivity index (χ3n) is 5.00. The highest BCUT2D eigenvalue weighted by molar-refractivity contribution is 7.09. The number of ether oxygens (including phenoxy) is 2. The molecule has 0 bridgehead atoms. The number of piperazine rings is 1. The lowest BCUT2D eigenvalue weighted by Gasteiger charge is -2.35. The first-order valence-electron chi connectivity index (χ1n) is 9.66. The molecule has 0 unspecified atom stereocenters. The molecule has 0 radical (unpaired) electrons. The average molecular weight is 400 g/mol. The van der Waals surface area contributed by atoms with Crippen LogP contribution in [0.1, 0.15) is 23.2 Å². The van der Waals surface area contributed by atoms with Crippen molar-refractivity contribution in [2.45, 2.75) is 20.4 Å². The molecule has 2 aliphatic heterocycles. The molecular formula is C21H25N3O3S. The normalized spacial score (nSPS) is 16.9. The number of hydrogen-bond acceptors (Lipinski definition) is 6. The summed E-state index contributed by atoms with van der Waals surface area (Å²) < 4.78 is 11.5. The quantitative estimate of drug-likeness (QED) is 0.774. The number of para-hydroxylation sites is 1. The Morgan fingerprint density at radius 2 is 2.11 bits per heavy atom. The highest BCUT2D eigenvalue weighted by atomic mass is 32.1. The first-order valence-corrected chi connectivity index (χ1v) is 10.5. The number of carbonyl (C=O) groups is 1. The van der Waals surface area contributed by atoms with E-state index in [2.05, 4.69) is 15.3 Å². The van der Waals surface area contributed by atoms with Crippen LogP contribution in [0, 0.1) is 6.92 Å². The number of aromatic nitrogens is 1. The van der Waals surface area contributed by atoms with Crippen molar-refractivity contribution in [1.82, 2.24) is 14.8 Å². The summed E-state index contributed by atoms with van der Waals surface area (Å²) in [6.07, 6.45) is 1.94. The highest BCUT2D eigenvalue weighted by Gasteiger charge is 2.27. The molecule has 0 aliphatic carbocycles. The molecule has 1 aromatic heterocycles. The summed E-state index contributed by atoms with van der Waals surface area (Å²) in [7, 11) is 0. The monoisotopic (exact) mass is 399 g/mol. The zero-order chi connectivity index (χ0) is 19.5. The molecule has 1 fully saturated rings. The summed E-state index contributed by atoms with van der Waals surface area (Å²) >= 11 is 1.68. The van der Waals surface area contributed by atoms with Gasteiger partial charge in [-0.3, -0.25) is 9.69 Å². The lowest BCUT2D eigenvalue weighted by atomic mass is 10.1. The number of thiazole rings is 1. The van der Waals surface area contributed by atoms with Crippen molar-refractivity contribution < 1.29 is 14.3 Å². The molecule has 7 heteroatoms. The van der Waals surface area contributed by atoms with Crippen molar-refractivity contribution in [1.29, 1.82) is 0 Å². The summed E-state index contributed by atoms with van der Waals surface area (Å²) in [5, 5.41) is 3.21. The van der Waals surface area contributed by atoms with Crippen molar-refractivity contribution in [3.63, 3.8) is 0 Å². The van der Waals surface area contributed by atoms with E-state index in [1.54, 1.807) is 11.3 Å². The van der Waals surface area contributed by atoms with Gasteiger partial charge in [0.25, 0.3) is 5.91 Å². The molecule has 1 amide bonds. The molecule has 4 rings (SSSR count). The minimum Gasteiger partial charge on any atom is -0.490 e. The number of hydrogen-bond donors (Lipinski definition) is 0. The van der Waals surface area contributed by atoms with Gasteiger partial charge < -0.3 is 14.4 Å². The fraction of sp³-hybridized carbons (Fsp3) is 0.429. The molecule has 0 spiro atoms. The van der Waals surface area contributed by atoms with Crippen molar-refractivity contribution in [3.05, 3.63) is 45.4 Å². The number of carbonyl (C=O) groups excluding carboxylic acids is 1. The Labute approximate surface area is 169 Å². The standard InChI is InChI=1S/C21H25N3O3S/c1-3-26-19-6-4-5-16-11-17(13-27-20(16)19)21(25)24-9-7-23(8-10-24)12-18-14-28-15(2)22-18/h4-6,11,14H,3,7-10,12-13H2,1-2H3. The van der Waals surface area contributed by atoms with Crippen molar-refractivity contribution in [2.24, 2.45) is 0 Å². The van der Waals surface area contributed by atoms with Crippen LogP contribution in [0.3, 0.4) is 0 Å². The second-order valence-corrected chi connectivity index (χ2v) is 8.05. The summed E-state index contributed by atoms with van der Waals surface area (Å²) in [4.78, 5) is 21.8. The zero-order valence-corrected chi connectivity index (χ0v) is 17.1. The van der Waals surface area contributed by atoms with E-state index in [1.807, 2.05) is 43.0 Å². The Bertz CT molecular complexity index is 885. The molecule has 2 aromatic rings. The molecule has 148 valence electrons. The molecule has 0 saturated carbocycles. The lowest BCUT2D eigenvalue weighted by Crippen LogP contribution is -2.49. The highest BCUT2D eigenvalue weighted by Crippen LogP contribution is 2.36. The molecule has 1 aromatic carbocycles. The maximum absolute atomic E-state index is 13.0. The molecule has 2 aliphatic rings. The third kappa shape index (κ3) is 4.05. The Kier molecular flexibility index (Phi) is 5.64. The van der Waals surface area contributed by atoms with Crippen LogP contribution in [0.2, 0.25) is 0 Å². The summed E-state index contributed by atoms with van der Waals surface area (Å²) in [5.74, 6) is 1.52. The second-order valence-electron chi connectivity index (χ2n) is 6.99. The predicted molar refractivity (Wildman–Crippen MR) is 110 cm³/mol. The molecule has 6 nitrogen and oxygen atoms in total. The Morgan fingerprint density at radius 1 is 1.29 bits per heavy atom. The first kappa shape index (κ1) is 19.0. The van der Waals surface area contributed by atoms with Gasteiger partial charge in [0.15, 0.2) is 11.5 Å². The van der Waals surface area contributed by atoms with Crippen LogP contribution in [0.5, 0.6) is 11.5 Å². The van der Waals surface area contributed by atoms with Gasteiger partial charge in [-0.2, -0.15) is 0 Å². The molecule has 3 heterocycles. The topological polar surface area (TPSA) is 54.9 Å². The number of nitrogens with zero attached hydrogens (tertiary/aromatic N) is 3. The van der Waals surface area contributed by atoms with Gasteiger partial charge in [-0.05, 0) is 26.0 Å². The van der Waals surface area contributed by atoms with E-state index in [-0.39, 0.29) is 12.5 Å².